The molecular weight excluding hydrogens is 186 g/mol. The summed E-state index contributed by atoms with van der Waals surface area (Å²) in [4.78, 5) is 24.9. The van der Waals surface area contributed by atoms with Crippen LogP contribution in [0.2, 0.25) is 0 Å². The number of imidazole rings is 1. The van der Waals surface area contributed by atoms with Crippen molar-refractivity contribution in [2.75, 3.05) is 11.9 Å². The van der Waals surface area contributed by atoms with Crippen LogP contribution in [0.5, 0.6) is 0 Å². The van der Waals surface area contributed by atoms with E-state index in [0.717, 1.165) is 0 Å². The molecule has 0 amide bonds. The van der Waals surface area contributed by atoms with Gasteiger partial charge in [0.2, 0.25) is 5.95 Å². The quantitative estimate of drug-likeness (QED) is 0.626. The van der Waals surface area contributed by atoms with Crippen molar-refractivity contribution >= 4 is 23.1 Å². The van der Waals surface area contributed by atoms with Crippen molar-refractivity contribution in [1.29, 1.82) is 0 Å². The van der Waals surface area contributed by atoms with Gasteiger partial charge in [-0.2, -0.15) is 4.98 Å². The first-order valence-corrected chi connectivity index (χ1v) is 3.87. The van der Waals surface area contributed by atoms with Crippen molar-refractivity contribution in [2.24, 2.45) is 0 Å². The maximum Gasteiger partial charge on any atom is 0.322 e. The molecule has 0 aliphatic carbocycles. The van der Waals surface area contributed by atoms with Crippen molar-refractivity contribution in [1.82, 2.24) is 19.9 Å². The Balaban J connectivity index is 2.21. The number of fused-ring (bicyclic) bond motifs is 1. The Kier molecular flexibility index (Phi) is 1.98. The van der Waals surface area contributed by atoms with E-state index in [1.165, 1.54) is 6.33 Å². The lowest BCUT2D eigenvalue weighted by molar-refractivity contribution is -0.134. The lowest BCUT2D eigenvalue weighted by atomic mass is 10.5. The van der Waals surface area contributed by atoms with E-state index in [9.17, 15) is 4.79 Å². The van der Waals surface area contributed by atoms with Crippen LogP contribution >= 0.6 is 0 Å². The molecule has 14 heavy (non-hydrogen) atoms. The first-order valence-electron chi connectivity index (χ1n) is 3.87. The zero-order chi connectivity index (χ0) is 9.97. The number of rotatable bonds is 3. The predicted molar refractivity (Wildman–Crippen MR) is 47.8 cm³/mol. The molecule has 72 valence electrons. The van der Waals surface area contributed by atoms with E-state index in [1.807, 2.05) is 0 Å². The van der Waals surface area contributed by atoms with Gasteiger partial charge in [-0.05, 0) is 0 Å². The highest BCUT2D eigenvalue weighted by atomic mass is 16.4. The van der Waals surface area contributed by atoms with E-state index >= 15 is 0 Å². The van der Waals surface area contributed by atoms with Gasteiger partial charge < -0.3 is 15.4 Å². The van der Waals surface area contributed by atoms with Gasteiger partial charge in [0.1, 0.15) is 12.1 Å². The number of anilines is 1. The van der Waals surface area contributed by atoms with Crippen LogP contribution in [0.4, 0.5) is 5.95 Å². The Morgan fingerprint density at radius 2 is 2.43 bits per heavy atom. The van der Waals surface area contributed by atoms with Crippen molar-refractivity contribution < 1.29 is 9.90 Å². The molecule has 7 nitrogen and oxygen atoms in total. The first kappa shape index (κ1) is 8.42. The molecule has 0 fully saturated rings. The average molecular weight is 193 g/mol. The number of nitrogens with zero attached hydrogens (tertiary/aromatic N) is 3. The maximum atomic E-state index is 10.2. The Morgan fingerprint density at radius 1 is 1.57 bits per heavy atom. The Bertz CT molecular complexity index is 466. The van der Waals surface area contributed by atoms with Crippen LogP contribution < -0.4 is 5.32 Å². The minimum atomic E-state index is -0.962. The fourth-order valence-corrected chi connectivity index (χ4v) is 0.976. The predicted octanol–water partition coefficient (Wildman–Crippen LogP) is -0.151. The Labute approximate surface area is 78.2 Å². The minimum absolute atomic E-state index is 0.212. The smallest absolute Gasteiger partial charge is 0.322 e. The second kappa shape index (κ2) is 3.29. The van der Waals surface area contributed by atoms with Gasteiger partial charge >= 0.3 is 5.97 Å². The van der Waals surface area contributed by atoms with Gasteiger partial charge in [-0.25, -0.2) is 9.97 Å². The average Bonchev–Trinajstić information content (AvgIpc) is 2.61. The van der Waals surface area contributed by atoms with Crippen molar-refractivity contribution in [3.63, 3.8) is 0 Å². The van der Waals surface area contributed by atoms with Crippen molar-refractivity contribution in [3.05, 3.63) is 12.5 Å². The van der Waals surface area contributed by atoms with Crippen molar-refractivity contribution in [3.8, 4) is 0 Å². The van der Waals surface area contributed by atoms with Crippen LogP contribution in [0.15, 0.2) is 12.5 Å². The second-order valence-corrected chi connectivity index (χ2v) is 2.58. The molecule has 0 saturated heterocycles. The van der Waals surface area contributed by atoms with Crippen molar-refractivity contribution in [2.45, 2.75) is 0 Å². The molecule has 7 heteroatoms. The zero-order valence-corrected chi connectivity index (χ0v) is 7.06. The van der Waals surface area contributed by atoms with Gasteiger partial charge in [-0.3, -0.25) is 4.79 Å². The highest BCUT2D eigenvalue weighted by molar-refractivity contribution is 5.73. The summed E-state index contributed by atoms with van der Waals surface area (Å²) in [7, 11) is 0. The van der Waals surface area contributed by atoms with E-state index in [1.54, 1.807) is 6.20 Å². The van der Waals surface area contributed by atoms with Gasteiger partial charge in [0, 0.05) is 0 Å². The summed E-state index contributed by atoms with van der Waals surface area (Å²) in [5.41, 5.74) is 1.22. The van der Waals surface area contributed by atoms with E-state index in [0.29, 0.717) is 11.2 Å². The summed E-state index contributed by atoms with van der Waals surface area (Å²) in [6, 6.07) is 0. The number of aromatic nitrogens is 4. The number of carboxylic acids is 1. The van der Waals surface area contributed by atoms with Crippen LogP contribution in [0.3, 0.4) is 0 Å². The van der Waals surface area contributed by atoms with Gasteiger partial charge in [-0.15, -0.1) is 0 Å². The summed E-state index contributed by atoms with van der Waals surface area (Å²) in [6.07, 6.45) is 3.04. The van der Waals surface area contributed by atoms with Crippen LogP contribution in [-0.2, 0) is 4.79 Å². The summed E-state index contributed by atoms with van der Waals surface area (Å²) < 4.78 is 0. The molecule has 2 aromatic heterocycles. The lowest BCUT2D eigenvalue weighted by Gasteiger charge is -1.99. The number of hydrogen-bond acceptors (Lipinski definition) is 5. The number of H-pyrrole nitrogens is 1. The SMILES string of the molecule is O=C(O)CNc1ncc2[nH]cnc2n1. The van der Waals surface area contributed by atoms with Crippen LogP contribution in [0.25, 0.3) is 11.2 Å². The summed E-state index contributed by atoms with van der Waals surface area (Å²) in [6.45, 7) is -0.212. The van der Waals surface area contributed by atoms with Gasteiger partial charge in [0.15, 0.2) is 5.65 Å². The van der Waals surface area contributed by atoms with E-state index in [2.05, 4.69) is 25.3 Å². The highest BCUT2D eigenvalue weighted by Gasteiger charge is 2.02. The number of nitrogens with one attached hydrogen (secondary N) is 2. The van der Waals surface area contributed by atoms with Gasteiger partial charge in [-0.1, -0.05) is 0 Å². The molecule has 2 heterocycles. The minimum Gasteiger partial charge on any atom is -0.480 e. The topological polar surface area (TPSA) is 104 Å². The summed E-state index contributed by atoms with van der Waals surface area (Å²) >= 11 is 0. The second-order valence-electron chi connectivity index (χ2n) is 2.58. The van der Waals surface area contributed by atoms with Crippen LogP contribution in [0.1, 0.15) is 0 Å². The molecule has 2 rings (SSSR count). The Hall–Kier alpha value is -2.18. The molecule has 0 atom stereocenters. The first-order chi connectivity index (χ1) is 6.75. The molecule has 0 saturated carbocycles. The van der Waals surface area contributed by atoms with Gasteiger partial charge in [0.25, 0.3) is 0 Å². The standard InChI is InChI=1S/C7H7N5O2/c13-5(14)2-9-7-8-1-4-6(12-7)11-3-10-4/h1,3H,2H2,(H,13,14)(H2,8,9,10,11,12). The zero-order valence-electron chi connectivity index (χ0n) is 7.06. The molecule has 3 N–H and O–H groups in total. The third-order valence-corrected chi connectivity index (χ3v) is 1.57. The fraction of sp³-hybridized carbons (Fsp3) is 0.143. The van der Waals surface area contributed by atoms with E-state index in [4.69, 9.17) is 5.11 Å². The summed E-state index contributed by atoms with van der Waals surface area (Å²) in [5.74, 6) is -0.706. The largest absolute Gasteiger partial charge is 0.480 e. The molecule has 0 radical (unpaired) electrons. The van der Waals surface area contributed by atoms with Gasteiger partial charge in [0.05, 0.1) is 12.5 Å². The third kappa shape index (κ3) is 1.60. The Morgan fingerprint density at radius 3 is 3.21 bits per heavy atom. The molecule has 0 aliphatic rings. The molecular formula is C7H7N5O2. The lowest BCUT2D eigenvalue weighted by Crippen LogP contribution is -2.14. The molecule has 0 spiro atoms. The van der Waals surface area contributed by atoms with Crippen LogP contribution in [-0.4, -0.2) is 37.6 Å². The maximum absolute atomic E-state index is 10.2. The third-order valence-electron chi connectivity index (χ3n) is 1.57. The number of carboxylic acid groups (broad SMARTS) is 1. The normalized spacial score (nSPS) is 10.3. The number of aliphatic carboxylic acids is 1. The number of carbonyl (C=O) groups is 1. The van der Waals surface area contributed by atoms with E-state index < -0.39 is 5.97 Å². The molecule has 0 aliphatic heterocycles. The van der Waals surface area contributed by atoms with Crippen LogP contribution in [0, 0.1) is 0 Å². The molecule has 0 aromatic carbocycles. The monoisotopic (exact) mass is 193 g/mol. The molecule has 0 unspecified atom stereocenters. The molecule has 0 bridgehead atoms. The fourth-order valence-electron chi connectivity index (χ4n) is 0.976. The number of hydrogen-bond donors (Lipinski definition) is 3. The number of aromatic amines is 1. The highest BCUT2D eigenvalue weighted by Crippen LogP contribution is 2.06. The van der Waals surface area contributed by atoms with E-state index in [-0.39, 0.29) is 12.5 Å². The summed E-state index contributed by atoms with van der Waals surface area (Å²) in [5, 5.41) is 11.0. The molecule has 2 aromatic rings.